The zero-order chi connectivity index (χ0) is 35.2. The summed E-state index contributed by atoms with van der Waals surface area (Å²) in [6.07, 6.45) is -18.9. The summed E-state index contributed by atoms with van der Waals surface area (Å²) in [5.41, 5.74) is 0. The topological polar surface area (TPSA) is 307 Å². The van der Waals surface area contributed by atoms with Crippen molar-refractivity contribution < 1.29 is 78.9 Å². The lowest BCUT2D eigenvalue weighted by Crippen LogP contribution is -2.71. The molecule has 3 aliphatic rings. The summed E-state index contributed by atoms with van der Waals surface area (Å²) >= 11 is 4.05. The number of ether oxygens (including phenoxy) is 5. The lowest BCUT2D eigenvalue weighted by atomic mass is 9.93. The van der Waals surface area contributed by atoms with Crippen molar-refractivity contribution in [1.82, 2.24) is 21.3 Å². The Labute approximate surface area is 275 Å². The van der Waals surface area contributed by atoms with Gasteiger partial charge in [-0.25, -0.2) is 0 Å². The lowest BCUT2D eigenvalue weighted by Gasteiger charge is -2.49. The van der Waals surface area contributed by atoms with E-state index in [4.69, 9.17) is 23.7 Å². The fraction of sp³-hybridized carbons (Fsp3) is 0.885. The molecule has 0 aromatic heterocycles. The number of likely N-dealkylation sites (N-methyl/N-ethyl adjacent to an activating group) is 1. The molecule has 0 aliphatic carbocycles. The van der Waals surface area contributed by atoms with Gasteiger partial charge in [0.15, 0.2) is 18.9 Å². The van der Waals surface area contributed by atoms with Crippen LogP contribution in [0.1, 0.15) is 13.8 Å². The average Bonchev–Trinajstić information content (AvgIpc) is 3.02. The molecular weight excluding hydrogens is 656 g/mol. The van der Waals surface area contributed by atoms with E-state index >= 15 is 0 Å². The summed E-state index contributed by atoms with van der Waals surface area (Å²) < 4.78 is 28.7. The molecule has 3 saturated heterocycles. The van der Waals surface area contributed by atoms with Gasteiger partial charge in [-0.15, -0.1) is 0 Å². The van der Waals surface area contributed by atoms with E-state index in [-0.39, 0.29) is 5.75 Å². The van der Waals surface area contributed by atoms with E-state index in [2.05, 4.69) is 33.9 Å². The molecule has 3 aliphatic heterocycles. The third kappa shape index (κ3) is 9.26. The first-order chi connectivity index (χ1) is 22.2. The largest absolute Gasteiger partial charge is 0.394 e. The lowest BCUT2D eigenvalue weighted by molar-refractivity contribution is -0.351. The maximum absolute atomic E-state index is 13.0. The summed E-state index contributed by atoms with van der Waals surface area (Å²) in [5.74, 6) is -2.25. The monoisotopic (exact) mass is 702 g/mol. The first-order valence-electron chi connectivity index (χ1n) is 14.9. The summed E-state index contributed by atoms with van der Waals surface area (Å²) in [6.45, 7) is -0.0802. The van der Waals surface area contributed by atoms with Gasteiger partial charge in [0.1, 0.15) is 73.1 Å². The normalized spacial score (nSPS) is 41.5. The molecule has 0 aromatic rings. The minimum Gasteiger partial charge on any atom is -0.394 e. The van der Waals surface area contributed by atoms with Crippen molar-refractivity contribution in [3.63, 3.8) is 0 Å². The van der Waals surface area contributed by atoms with E-state index in [1.165, 1.54) is 14.0 Å². The van der Waals surface area contributed by atoms with Crippen molar-refractivity contribution in [2.24, 2.45) is 0 Å². The van der Waals surface area contributed by atoms with Gasteiger partial charge in [-0.2, -0.15) is 12.6 Å². The van der Waals surface area contributed by atoms with Gasteiger partial charge >= 0.3 is 0 Å². The smallest absolute Gasteiger partial charge is 0.243 e. The predicted molar refractivity (Wildman–Crippen MR) is 157 cm³/mol. The standard InChI is InChI=1S/C26H46N4O16S/c1-8(34)28-10(7-47)23(40)30-15-18(37)17(36)11(4-31)43-25(15)46-22-13(6-33)44-26(16(20(22)39)29-9(2)35)45-21-12(5-32)42-24(41)14(27-3)19(21)38/h10-22,24-27,31-33,36-39,41,47H,4-7H2,1-3H3,(H,28,34)(H,29,35)(H,30,40)/t10-,11?,12?,13?,14?,15?,16?,17+,18?,19?,20?,21+,22+,24+,25-,26-/m0/s1. The number of thiol groups is 1. The number of rotatable bonds is 13. The fourth-order valence-corrected chi connectivity index (χ4v) is 5.93. The maximum atomic E-state index is 13.0. The molecule has 16 atom stereocenters. The first kappa shape index (κ1) is 39.6. The number of carbonyl (C=O) groups excluding carboxylic acids is 3. The maximum Gasteiger partial charge on any atom is 0.243 e. The van der Waals surface area contributed by atoms with Gasteiger partial charge in [0, 0.05) is 19.6 Å². The Morgan fingerprint density at radius 1 is 0.702 bits per heavy atom. The molecule has 0 spiro atoms. The average molecular weight is 703 g/mol. The van der Waals surface area contributed by atoms with Gasteiger partial charge < -0.3 is 85.8 Å². The fourth-order valence-electron chi connectivity index (χ4n) is 5.67. The highest BCUT2D eigenvalue weighted by molar-refractivity contribution is 7.80. The summed E-state index contributed by atoms with van der Waals surface area (Å²) in [5, 5.41) is 93.7. The van der Waals surface area contributed by atoms with E-state index in [1.807, 2.05) is 0 Å². The molecule has 20 nitrogen and oxygen atoms in total. The van der Waals surface area contributed by atoms with E-state index in [1.54, 1.807) is 0 Å². The molecule has 0 aromatic carbocycles. The highest BCUT2D eigenvalue weighted by Gasteiger charge is 2.54. The van der Waals surface area contributed by atoms with Crippen LogP contribution < -0.4 is 21.3 Å². The molecule has 3 rings (SSSR count). The number of nitrogens with one attached hydrogen (secondary N) is 4. The minimum absolute atomic E-state index is 0.157. The SMILES string of the molecule is CNC1C(O)[C@H](O[C@@H]2OC(CO)[C@@H](O[C@@H]3OC(CO)[C@@H](O)C(O)C3NC(=O)[C@H](CS)NC(C)=O)C(O)C2NC(C)=O)C(CO)O[C@H]1O. The molecule has 0 bridgehead atoms. The van der Waals surface area contributed by atoms with Gasteiger partial charge in [-0.1, -0.05) is 0 Å². The molecule has 0 radical (unpaired) electrons. The molecule has 3 amide bonds. The van der Waals surface area contributed by atoms with Gasteiger partial charge in [0.2, 0.25) is 17.7 Å². The Kier molecular flexibility index (Phi) is 15.0. The molecule has 21 heteroatoms. The molecule has 272 valence electrons. The molecule has 3 heterocycles. The van der Waals surface area contributed by atoms with Crippen LogP contribution in [0.15, 0.2) is 0 Å². The van der Waals surface area contributed by atoms with Crippen LogP contribution in [0.25, 0.3) is 0 Å². The van der Waals surface area contributed by atoms with Crippen molar-refractivity contribution >= 4 is 30.4 Å². The quantitative estimate of drug-likeness (QED) is 0.0793. The summed E-state index contributed by atoms with van der Waals surface area (Å²) in [4.78, 5) is 36.7. The van der Waals surface area contributed by atoms with Gasteiger partial charge in [0.25, 0.3) is 0 Å². The zero-order valence-electron chi connectivity index (χ0n) is 25.9. The van der Waals surface area contributed by atoms with Gasteiger partial charge in [-0.05, 0) is 7.05 Å². The number of hydrogen-bond donors (Lipinski definition) is 13. The number of carbonyl (C=O) groups is 3. The molecule has 12 N–H and O–H groups in total. The molecule has 47 heavy (non-hydrogen) atoms. The highest BCUT2D eigenvalue weighted by Crippen LogP contribution is 2.32. The van der Waals surface area contributed by atoms with Crippen LogP contribution in [-0.2, 0) is 38.1 Å². The van der Waals surface area contributed by atoms with Crippen molar-refractivity contribution in [3.8, 4) is 0 Å². The van der Waals surface area contributed by atoms with Crippen LogP contribution in [0.4, 0.5) is 0 Å². The van der Waals surface area contributed by atoms with Crippen molar-refractivity contribution in [3.05, 3.63) is 0 Å². The first-order valence-corrected chi connectivity index (χ1v) is 15.5. The van der Waals surface area contributed by atoms with E-state index in [9.17, 15) is 55.2 Å². The van der Waals surface area contributed by atoms with Crippen LogP contribution in [0.3, 0.4) is 0 Å². The predicted octanol–water partition coefficient (Wildman–Crippen LogP) is -7.64. The van der Waals surface area contributed by atoms with Crippen molar-refractivity contribution in [2.45, 2.75) is 112 Å². The molecule has 0 saturated carbocycles. The van der Waals surface area contributed by atoms with Gasteiger partial charge in [0.05, 0.1) is 25.9 Å². The Bertz CT molecular complexity index is 1050. The van der Waals surface area contributed by atoms with Crippen LogP contribution >= 0.6 is 12.6 Å². The second kappa shape index (κ2) is 17.7. The second-order valence-electron chi connectivity index (χ2n) is 11.4. The third-order valence-corrected chi connectivity index (χ3v) is 8.44. The number of amides is 3. The van der Waals surface area contributed by atoms with Crippen LogP contribution in [0.5, 0.6) is 0 Å². The number of aliphatic hydroxyl groups excluding tert-OH is 8. The molecule has 9 unspecified atom stereocenters. The Morgan fingerprint density at radius 2 is 1.19 bits per heavy atom. The van der Waals surface area contributed by atoms with E-state index in [0.717, 1.165) is 6.92 Å². The second-order valence-corrected chi connectivity index (χ2v) is 11.7. The zero-order valence-corrected chi connectivity index (χ0v) is 26.8. The summed E-state index contributed by atoms with van der Waals surface area (Å²) in [7, 11) is 1.43. The number of aliphatic hydroxyl groups is 8. The van der Waals surface area contributed by atoms with Crippen molar-refractivity contribution in [2.75, 3.05) is 32.6 Å². The highest BCUT2D eigenvalue weighted by atomic mass is 32.1. The van der Waals surface area contributed by atoms with Gasteiger partial charge in [-0.3, -0.25) is 14.4 Å². The molecule has 3 fully saturated rings. The van der Waals surface area contributed by atoms with Crippen LogP contribution in [-0.4, -0.2) is 189 Å². The Hall–Kier alpha value is -1.80. The van der Waals surface area contributed by atoms with E-state index in [0.29, 0.717) is 0 Å². The Balaban J connectivity index is 1.91. The summed E-state index contributed by atoms with van der Waals surface area (Å²) in [6, 6.07) is -5.33. The number of hydrogen-bond acceptors (Lipinski definition) is 18. The van der Waals surface area contributed by atoms with Crippen LogP contribution in [0, 0.1) is 0 Å². The van der Waals surface area contributed by atoms with Crippen molar-refractivity contribution in [1.29, 1.82) is 0 Å². The van der Waals surface area contributed by atoms with Crippen LogP contribution in [0.2, 0.25) is 0 Å². The Morgan fingerprint density at radius 3 is 1.66 bits per heavy atom. The molecular formula is C26H46N4O16S. The third-order valence-electron chi connectivity index (χ3n) is 8.08. The minimum atomic E-state index is -1.82. The van der Waals surface area contributed by atoms with E-state index < -0.39 is 136 Å².